The molecular formula is C13H19Cl3N2. The molecule has 0 aromatic heterocycles. The Labute approximate surface area is 125 Å². The maximum atomic E-state index is 6.32. The van der Waals surface area contributed by atoms with Gasteiger partial charge in [-0.15, -0.1) is 24.0 Å². The highest BCUT2D eigenvalue weighted by Crippen LogP contribution is 2.24. The summed E-state index contributed by atoms with van der Waals surface area (Å²) in [6.07, 6.45) is 0. The average Bonchev–Trinajstić information content (AvgIpc) is 2.28. The minimum absolute atomic E-state index is 0. The smallest absolute Gasteiger partial charge is 0.0904 e. The lowest BCUT2D eigenvalue weighted by Gasteiger charge is -2.41. The first-order valence-electron chi connectivity index (χ1n) is 5.91. The van der Waals surface area contributed by atoms with E-state index in [0.717, 1.165) is 31.2 Å². The highest BCUT2D eigenvalue weighted by atomic mass is 35.5. The normalized spacial score (nSPS) is 17.4. The summed E-state index contributed by atoms with van der Waals surface area (Å²) in [5.74, 6) is 0. The molecule has 0 amide bonds. The fourth-order valence-corrected chi connectivity index (χ4v) is 2.52. The molecule has 0 radical (unpaired) electrons. The summed E-state index contributed by atoms with van der Waals surface area (Å²) in [7, 11) is 0. The SMILES string of the molecule is CC(C)(Cl)N1CCN(c2cccc(Cl)c2)CC1.Cl. The van der Waals surface area contributed by atoms with E-state index in [2.05, 4.69) is 15.9 Å². The molecule has 0 saturated carbocycles. The molecule has 5 heteroatoms. The molecule has 2 nitrogen and oxygen atoms in total. The molecule has 1 aliphatic heterocycles. The third-order valence-corrected chi connectivity index (χ3v) is 3.68. The van der Waals surface area contributed by atoms with Gasteiger partial charge in [-0.2, -0.15) is 0 Å². The number of benzene rings is 1. The van der Waals surface area contributed by atoms with Crippen molar-refractivity contribution < 1.29 is 0 Å². The lowest BCUT2D eigenvalue weighted by atomic mass is 10.2. The largest absolute Gasteiger partial charge is 0.369 e. The zero-order valence-corrected chi connectivity index (χ0v) is 13.0. The fraction of sp³-hybridized carbons (Fsp3) is 0.538. The van der Waals surface area contributed by atoms with Gasteiger partial charge in [-0.25, -0.2) is 0 Å². The van der Waals surface area contributed by atoms with Crippen LogP contribution >= 0.6 is 35.6 Å². The first kappa shape index (κ1) is 15.9. The molecule has 2 rings (SSSR count). The first-order chi connectivity index (χ1) is 7.97. The number of halogens is 3. The van der Waals surface area contributed by atoms with Crippen molar-refractivity contribution in [2.45, 2.75) is 18.8 Å². The summed E-state index contributed by atoms with van der Waals surface area (Å²) >= 11 is 12.3. The van der Waals surface area contributed by atoms with Crippen LogP contribution in [0.25, 0.3) is 0 Å². The summed E-state index contributed by atoms with van der Waals surface area (Å²) in [4.78, 5) is 4.40. The van der Waals surface area contributed by atoms with E-state index in [-0.39, 0.29) is 17.4 Å². The van der Waals surface area contributed by atoms with Crippen LogP contribution in [0.1, 0.15) is 13.8 Å². The molecule has 1 saturated heterocycles. The maximum absolute atomic E-state index is 6.32. The number of hydrogen-bond donors (Lipinski definition) is 0. The van der Waals surface area contributed by atoms with Crippen LogP contribution in [0.15, 0.2) is 24.3 Å². The van der Waals surface area contributed by atoms with E-state index in [4.69, 9.17) is 23.2 Å². The van der Waals surface area contributed by atoms with Crippen molar-refractivity contribution in [1.29, 1.82) is 0 Å². The average molecular weight is 310 g/mol. The summed E-state index contributed by atoms with van der Waals surface area (Å²) in [5, 5.41) is 0.794. The highest BCUT2D eigenvalue weighted by Gasteiger charge is 2.27. The highest BCUT2D eigenvalue weighted by molar-refractivity contribution is 6.30. The molecule has 0 N–H and O–H groups in total. The molecule has 0 spiro atoms. The molecule has 0 atom stereocenters. The number of hydrogen-bond acceptors (Lipinski definition) is 2. The predicted octanol–water partition coefficient (Wildman–Crippen LogP) is 3.86. The Kier molecular flexibility index (Phi) is 5.60. The Balaban J connectivity index is 0.00000162. The third kappa shape index (κ3) is 3.92. The lowest BCUT2D eigenvalue weighted by Crippen LogP contribution is -2.52. The van der Waals surface area contributed by atoms with Crippen LogP contribution < -0.4 is 4.90 Å². The van der Waals surface area contributed by atoms with E-state index in [9.17, 15) is 0 Å². The molecular weight excluding hydrogens is 291 g/mol. The quantitative estimate of drug-likeness (QED) is 0.604. The van der Waals surface area contributed by atoms with Crippen molar-refractivity contribution >= 4 is 41.3 Å². The Morgan fingerprint density at radius 2 is 1.72 bits per heavy atom. The van der Waals surface area contributed by atoms with Crippen LogP contribution in [-0.4, -0.2) is 36.1 Å². The van der Waals surface area contributed by atoms with Crippen molar-refractivity contribution in [2.75, 3.05) is 31.1 Å². The second-order valence-electron chi connectivity index (χ2n) is 4.86. The van der Waals surface area contributed by atoms with E-state index in [1.165, 1.54) is 5.69 Å². The van der Waals surface area contributed by atoms with Gasteiger partial charge in [-0.1, -0.05) is 17.7 Å². The zero-order chi connectivity index (χ0) is 12.5. The van der Waals surface area contributed by atoms with E-state index >= 15 is 0 Å². The molecule has 0 unspecified atom stereocenters. The molecule has 1 aromatic carbocycles. The molecule has 0 aliphatic carbocycles. The molecule has 18 heavy (non-hydrogen) atoms. The van der Waals surface area contributed by atoms with Crippen LogP contribution in [0, 0.1) is 0 Å². The van der Waals surface area contributed by atoms with Crippen molar-refractivity contribution in [3.63, 3.8) is 0 Å². The Hall–Kier alpha value is -0.150. The van der Waals surface area contributed by atoms with Gasteiger partial charge in [0.1, 0.15) is 0 Å². The van der Waals surface area contributed by atoms with Crippen molar-refractivity contribution in [3.8, 4) is 0 Å². The number of alkyl halides is 1. The van der Waals surface area contributed by atoms with Gasteiger partial charge in [-0.3, -0.25) is 4.90 Å². The van der Waals surface area contributed by atoms with Crippen molar-refractivity contribution in [2.24, 2.45) is 0 Å². The topological polar surface area (TPSA) is 6.48 Å². The molecule has 1 aromatic rings. The summed E-state index contributed by atoms with van der Waals surface area (Å²) in [5.41, 5.74) is 1.20. The summed E-state index contributed by atoms with van der Waals surface area (Å²) in [6, 6.07) is 8.02. The van der Waals surface area contributed by atoms with Gasteiger partial charge >= 0.3 is 0 Å². The number of rotatable bonds is 2. The van der Waals surface area contributed by atoms with Crippen LogP contribution in [0.3, 0.4) is 0 Å². The van der Waals surface area contributed by atoms with Gasteiger partial charge in [0.25, 0.3) is 0 Å². The lowest BCUT2D eigenvalue weighted by molar-refractivity contribution is 0.179. The van der Waals surface area contributed by atoms with Gasteiger partial charge in [0.15, 0.2) is 0 Å². The van der Waals surface area contributed by atoms with Crippen LogP contribution in [0.4, 0.5) is 5.69 Å². The van der Waals surface area contributed by atoms with Crippen LogP contribution in [0.5, 0.6) is 0 Å². The van der Waals surface area contributed by atoms with E-state index in [1.807, 2.05) is 32.0 Å². The Morgan fingerprint density at radius 1 is 1.11 bits per heavy atom. The molecule has 102 valence electrons. The van der Waals surface area contributed by atoms with Crippen LogP contribution in [0.2, 0.25) is 5.02 Å². The van der Waals surface area contributed by atoms with Gasteiger partial charge in [0.2, 0.25) is 0 Å². The molecule has 1 heterocycles. The van der Waals surface area contributed by atoms with Gasteiger partial charge in [0.05, 0.1) is 5.00 Å². The zero-order valence-electron chi connectivity index (χ0n) is 10.7. The number of piperazine rings is 1. The number of anilines is 1. The van der Waals surface area contributed by atoms with Crippen LogP contribution in [-0.2, 0) is 0 Å². The van der Waals surface area contributed by atoms with E-state index in [1.54, 1.807) is 0 Å². The summed E-state index contributed by atoms with van der Waals surface area (Å²) in [6.45, 7) is 8.06. The standard InChI is InChI=1S/C13H18Cl2N2.ClH/c1-13(2,15)17-8-6-16(7-9-17)12-5-3-4-11(14)10-12;/h3-5,10H,6-9H2,1-2H3;1H. The minimum Gasteiger partial charge on any atom is -0.369 e. The van der Waals surface area contributed by atoms with Crippen molar-refractivity contribution in [3.05, 3.63) is 29.3 Å². The van der Waals surface area contributed by atoms with Gasteiger partial charge in [0, 0.05) is 36.9 Å². The predicted molar refractivity (Wildman–Crippen MR) is 82.4 cm³/mol. The summed E-state index contributed by atoms with van der Waals surface area (Å²) < 4.78 is 0. The Morgan fingerprint density at radius 3 is 2.22 bits per heavy atom. The monoisotopic (exact) mass is 308 g/mol. The maximum Gasteiger partial charge on any atom is 0.0904 e. The molecule has 0 bridgehead atoms. The van der Waals surface area contributed by atoms with Gasteiger partial charge in [-0.05, 0) is 32.0 Å². The van der Waals surface area contributed by atoms with Crippen molar-refractivity contribution in [1.82, 2.24) is 4.90 Å². The third-order valence-electron chi connectivity index (χ3n) is 3.20. The molecule has 1 fully saturated rings. The Bertz CT molecular complexity index is 382. The number of nitrogens with zero attached hydrogens (tertiary/aromatic N) is 2. The molecule has 1 aliphatic rings. The second kappa shape index (κ2) is 6.33. The van der Waals surface area contributed by atoms with E-state index in [0.29, 0.717) is 0 Å². The van der Waals surface area contributed by atoms with Gasteiger partial charge < -0.3 is 4.90 Å². The fourth-order valence-electron chi connectivity index (χ4n) is 2.17. The first-order valence-corrected chi connectivity index (χ1v) is 6.67. The minimum atomic E-state index is -0.250. The van der Waals surface area contributed by atoms with E-state index < -0.39 is 0 Å². The second-order valence-corrected chi connectivity index (χ2v) is 6.23.